The van der Waals surface area contributed by atoms with Gasteiger partial charge in [-0.3, -0.25) is 9.78 Å². The predicted octanol–water partition coefficient (Wildman–Crippen LogP) is 3.39. The summed E-state index contributed by atoms with van der Waals surface area (Å²) in [6.07, 6.45) is 2.18. The molecule has 1 aliphatic heterocycles. The van der Waals surface area contributed by atoms with Gasteiger partial charge in [0.15, 0.2) is 5.69 Å². The Morgan fingerprint density at radius 3 is 2.74 bits per heavy atom. The third kappa shape index (κ3) is 3.36. The molecule has 9 heteroatoms. The number of carbonyl (C=O) groups excluding carboxylic acids is 1. The zero-order valence-electron chi connectivity index (χ0n) is 14.2. The van der Waals surface area contributed by atoms with Gasteiger partial charge in [0, 0.05) is 30.9 Å². The molecule has 1 fully saturated rings. The number of piperidine rings is 1. The molecule has 4 rings (SSSR count). The van der Waals surface area contributed by atoms with Crippen molar-refractivity contribution < 1.29 is 18.0 Å². The van der Waals surface area contributed by atoms with Crippen LogP contribution in [-0.4, -0.2) is 43.8 Å². The standard InChI is InChI=1S/C18H16F3N5O/c19-18(20,21)15-10-22-9-14(25-15)17(27)26-6-3-11(4-7-26)13-8-24-16-12(13)2-1-5-23-16/h1-2,5,8-11H,3-4,6-7H2,(H,23,24). The summed E-state index contributed by atoms with van der Waals surface area (Å²) in [5.74, 6) is -0.257. The number of likely N-dealkylation sites (tertiary alicyclic amines) is 1. The van der Waals surface area contributed by atoms with Gasteiger partial charge in [-0.15, -0.1) is 0 Å². The van der Waals surface area contributed by atoms with Crippen molar-refractivity contribution in [2.24, 2.45) is 0 Å². The maximum atomic E-state index is 12.8. The summed E-state index contributed by atoms with van der Waals surface area (Å²) in [5.41, 5.74) is 0.545. The van der Waals surface area contributed by atoms with E-state index >= 15 is 0 Å². The summed E-state index contributed by atoms with van der Waals surface area (Å²) < 4.78 is 38.3. The summed E-state index contributed by atoms with van der Waals surface area (Å²) in [6, 6.07) is 3.88. The molecule has 0 saturated carbocycles. The van der Waals surface area contributed by atoms with Gasteiger partial charge in [-0.1, -0.05) is 0 Å². The van der Waals surface area contributed by atoms with E-state index in [1.165, 1.54) is 4.90 Å². The van der Waals surface area contributed by atoms with Crippen LogP contribution in [0.25, 0.3) is 11.0 Å². The SMILES string of the molecule is O=C(c1cncc(C(F)(F)F)n1)N1CCC(c2c[nH]c3ncccc23)CC1. The van der Waals surface area contributed by atoms with Gasteiger partial charge in [-0.05, 0) is 36.5 Å². The molecule has 0 atom stereocenters. The fraction of sp³-hybridized carbons (Fsp3) is 0.333. The van der Waals surface area contributed by atoms with E-state index in [0.29, 0.717) is 19.3 Å². The molecule has 0 aromatic carbocycles. The van der Waals surface area contributed by atoms with Crippen molar-refractivity contribution in [3.05, 3.63) is 53.9 Å². The van der Waals surface area contributed by atoms with E-state index in [0.717, 1.165) is 35.6 Å². The number of alkyl halides is 3. The summed E-state index contributed by atoms with van der Waals surface area (Å²) in [6.45, 7) is 0.905. The van der Waals surface area contributed by atoms with Gasteiger partial charge in [0.05, 0.1) is 12.4 Å². The zero-order valence-corrected chi connectivity index (χ0v) is 14.2. The largest absolute Gasteiger partial charge is 0.434 e. The monoisotopic (exact) mass is 375 g/mol. The molecular formula is C18H16F3N5O. The van der Waals surface area contributed by atoms with E-state index in [1.807, 2.05) is 18.3 Å². The molecule has 0 bridgehead atoms. The molecule has 27 heavy (non-hydrogen) atoms. The molecule has 4 heterocycles. The van der Waals surface area contributed by atoms with Gasteiger partial charge in [0.1, 0.15) is 11.3 Å². The first-order chi connectivity index (χ1) is 12.9. The number of hydrogen-bond donors (Lipinski definition) is 1. The normalized spacial score (nSPS) is 16.0. The lowest BCUT2D eigenvalue weighted by molar-refractivity contribution is -0.141. The van der Waals surface area contributed by atoms with E-state index in [4.69, 9.17) is 0 Å². The number of pyridine rings is 1. The van der Waals surface area contributed by atoms with Crippen LogP contribution in [0.3, 0.4) is 0 Å². The van der Waals surface area contributed by atoms with Gasteiger partial charge < -0.3 is 9.88 Å². The maximum Gasteiger partial charge on any atom is 0.434 e. The van der Waals surface area contributed by atoms with Gasteiger partial charge in [0.2, 0.25) is 0 Å². The predicted molar refractivity (Wildman–Crippen MR) is 91.0 cm³/mol. The fourth-order valence-corrected chi connectivity index (χ4v) is 3.48. The van der Waals surface area contributed by atoms with Crippen molar-refractivity contribution in [1.82, 2.24) is 24.8 Å². The summed E-state index contributed by atoms with van der Waals surface area (Å²) >= 11 is 0. The molecule has 0 radical (unpaired) electrons. The molecule has 1 amide bonds. The van der Waals surface area contributed by atoms with Crippen molar-refractivity contribution in [1.29, 1.82) is 0 Å². The Hall–Kier alpha value is -2.97. The molecule has 0 unspecified atom stereocenters. The van der Waals surface area contributed by atoms with Crippen molar-refractivity contribution in [2.75, 3.05) is 13.1 Å². The molecular weight excluding hydrogens is 359 g/mol. The Kier molecular flexibility index (Phi) is 4.29. The van der Waals surface area contributed by atoms with E-state index in [-0.39, 0.29) is 11.6 Å². The van der Waals surface area contributed by atoms with Gasteiger partial charge in [-0.25, -0.2) is 9.97 Å². The molecule has 3 aromatic heterocycles. The second-order valence-electron chi connectivity index (χ2n) is 6.50. The van der Waals surface area contributed by atoms with E-state index < -0.39 is 17.8 Å². The molecule has 1 saturated heterocycles. The average Bonchev–Trinajstić information content (AvgIpc) is 3.11. The van der Waals surface area contributed by atoms with E-state index in [9.17, 15) is 18.0 Å². The highest BCUT2D eigenvalue weighted by molar-refractivity contribution is 5.92. The number of fused-ring (bicyclic) bond motifs is 1. The third-order valence-electron chi connectivity index (χ3n) is 4.85. The molecule has 3 aromatic rings. The molecule has 1 aliphatic rings. The minimum atomic E-state index is -4.63. The lowest BCUT2D eigenvalue weighted by Crippen LogP contribution is -2.38. The average molecular weight is 375 g/mol. The molecule has 0 spiro atoms. The number of nitrogens with one attached hydrogen (secondary N) is 1. The zero-order chi connectivity index (χ0) is 19.0. The topological polar surface area (TPSA) is 74.8 Å². The molecule has 0 aliphatic carbocycles. The number of rotatable bonds is 2. The molecule has 140 valence electrons. The number of aromatic amines is 1. The number of amides is 1. The number of H-pyrrole nitrogens is 1. The number of halogens is 3. The van der Waals surface area contributed by atoms with Crippen molar-refractivity contribution >= 4 is 16.9 Å². The quantitative estimate of drug-likeness (QED) is 0.745. The molecule has 1 N–H and O–H groups in total. The highest BCUT2D eigenvalue weighted by Gasteiger charge is 2.34. The first-order valence-electron chi connectivity index (χ1n) is 8.54. The Bertz CT molecular complexity index is 976. The van der Waals surface area contributed by atoms with Crippen LogP contribution < -0.4 is 0 Å². The highest BCUT2D eigenvalue weighted by Crippen LogP contribution is 2.33. The second-order valence-corrected chi connectivity index (χ2v) is 6.50. The third-order valence-corrected chi connectivity index (χ3v) is 4.85. The number of hydrogen-bond acceptors (Lipinski definition) is 4. The van der Waals surface area contributed by atoms with Crippen LogP contribution in [0.5, 0.6) is 0 Å². The summed E-state index contributed by atoms with van der Waals surface area (Å²) in [7, 11) is 0. The Balaban J connectivity index is 1.47. The lowest BCUT2D eigenvalue weighted by atomic mass is 9.89. The van der Waals surface area contributed by atoms with Crippen LogP contribution in [0, 0.1) is 0 Å². The van der Waals surface area contributed by atoms with Crippen LogP contribution in [-0.2, 0) is 6.18 Å². The van der Waals surface area contributed by atoms with Crippen molar-refractivity contribution in [3.8, 4) is 0 Å². The van der Waals surface area contributed by atoms with Crippen molar-refractivity contribution in [3.63, 3.8) is 0 Å². The van der Waals surface area contributed by atoms with Crippen LogP contribution in [0.15, 0.2) is 36.9 Å². The first kappa shape index (κ1) is 17.4. The molecule has 6 nitrogen and oxygen atoms in total. The summed E-state index contributed by atoms with van der Waals surface area (Å²) in [5, 5.41) is 1.06. The van der Waals surface area contributed by atoms with Gasteiger partial charge >= 0.3 is 6.18 Å². The maximum absolute atomic E-state index is 12.8. The Morgan fingerprint density at radius 1 is 1.22 bits per heavy atom. The van der Waals surface area contributed by atoms with E-state index in [2.05, 4.69) is 19.9 Å². The number of carbonyl (C=O) groups is 1. The minimum absolute atomic E-state index is 0.264. The van der Waals surface area contributed by atoms with Crippen LogP contribution in [0.4, 0.5) is 13.2 Å². The smallest absolute Gasteiger partial charge is 0.346 e. The van der Waals surface area contributed by atoms with Crippen LogP contribution in [0.2, 0.25) is 0 Å². The Morgan fingerprint density at radius 2 is 2.00 bits per heavy atom. The van der Waals surface area contributed by atoms with Gasteiger partial charge in [0.25, 0.3) is 5.91 Å². The number of nitrogens with zero attached hydrogens (tertiary/aromatic N) is 4. The lowest BCUT2D eigenvalue weighted by Gasteiger charge is -2.31. The van der Waals surface area contributed by atoms with Crippen molar-refractivity contribution in [2.45, 2.75) is 24.9 Å². The minimum Gasteiger partial charge on any atom is -0.346 e. The highest BCUT2D eigenvalue weighted by atomic mass is 19.4. The number of aromatic nitrogens is 4. The van der Waals surface area contributed by atoms with Crippen LogP contribution >= 0.6 is 0 Å². The summed E-state index contributed by atoms with van der Waals surface area (Å²) in [4.78, 5) is 28.4. The van der Waals surface area contributed by atoms with E-state index in [1.54, 1.807) is 6.20 Å². The fourth-order valence-electron chi connectivity index (χ4n) is 3.48. The van der Waals surface area contributed by atoms with Crippen LogP contribution in [0.1, 0.15) is 40.5 Å². The Labute approximate surface area is 152 Å². The second kappa shape index (κ2) is 6.64. The first-order valence-corrected chi connectivity index (χ1v) is 8.54. The van der Waals surface area contributed by atoms with Gasteiger partial charge in [-0.2, -0.15) is 13.2 Å².